The van der Waals surface area contributed by atoms with Crippen LogP contribution in [-0.2, 0) is 0 Å². The van der Waals surface area contributed by atoms with Crippen LogP contribution in [0.4, 0.5) is 8.78 Å². The van der Waals surface area contributed by atoms with Crippen LogP contribution in [0.15, 0.2) is 24.4 Å². The molecule has 76 valence electrons. The van der Waals surface area contributed by atoms with Crippen molar-refractivity contribution in [2.75, 3.05) is 0 Å². The van der Waals surface area contributed by atoms with Crippen LogP contribution in [0.1, 0.15) is 10.4 Å². The summed E-state index contributed by atoms with van der Waals surface area (Å²) in [7, 11) is 0. The lowest BCUT2D eigenvalue weighted by Gasteiger charge is -2.01. The minimum atomic E-state index is -1.23. The van der Waals surface area contributed by atoms with Crippen LogP contribution in [0.5, 0.6) is 0 Å². The second kappa shape index (κ2) is 3.27. The van der Waals surface area contributed by atoms with Gasteiger partial charge in [-0.1, -0.05) is 0 Å². The summed E-state index contributed by atoms with van der Waals surface area (Å²) in [4.78, 5) is 14.2. The van der Waals surface area contributed by atoms with Gasteiger partial charge >= 0.3 is 5.97 Å². The number of carboxylic acids is 1. The number of hydrogen-bond donors (Lipinski definition) is 1. The lowest BCUT2D eigenvalue weighted by molar-refractivity contribution is 0.0696. The third-order valence-electron chi connectivity index (χ3n) is 1.99. The smallest absolute Gasteiger partial charge is 0.337 e. The topological polar surface area (TPSA) is 50.2 Å². The van der Waals surface area contributed by atoms with Crippen molar-refractivity contribution in [2.45, 2.75) is 0 Å². The zero-order chi connectivity index (χ0) is 11.0. The van der Waals surface area contributed by atoms with Crippen LogP contribution in [0, 0.1) is 11.6 Å². The third-order valence-corrected chi connectivity index (χ3v) is 1.99. The van der Waals surface area contributed by atoms with E-state index in [2.05, 4.69) is 4.98 Å². The van der Waals surface area contributed by atoms with Gasteiger partial charge in [-0.15, -0.1) is 0 Å². The van der Waals surface area contributed by atoms with E-state index in [1.165, 1.54) is 0 Å². The lowest BCUT2D eigenvalue weighted by Crippen LogP contribution is -1.98. The minimum Gasteiger partial charge on any atom is -0.478 e. The van der Waals surface area contributed by atoms with Gasteiger partial charge in [-0.2, -0.15) is 0 Å². The summed E-state index contributed by atoms with van der Waals surface area (Å²) in [6, 6.07) is 2.94. The average Bonchev–Trinajstić information content (AvgIpc) is 2.23. The van der Waals surface area contributed by atoms with E-state index >= 15 is 0 Å². The largest absolute Gasteiger partial charge is 0.478 e. The quantitative estimate of drug-likeness (QED) is 0.783. The summed E-state index contributed by atoms with van der Waals surface area (Å²) in [6.45, 7) is 0. The number of benzene rings is 1. The fraction of sp³-hybridized carbons (Fsp3) is 0. The zero-order valence-corrected chi connectivity index (χ0v) is 7.37. The molecule has 3 nitrogen and oxygen atoms in total. The number of aromatic carboxylic acids is 1. The zero-order valence-electron chi connectivity index (χ0n) is 7.37. The van der Waals surface area contributed by atoms with Crippen LogP contribution in [0.25, 0.3) is 10.9 Å². The van der Waals surface area contributed by atoms with Gasteiger partial charge in [-0.25, -0.2) is 13.6 Å². The molecule has 1 N–H and O–H groups in total. The summed E-state index contributed by atoms with van der Waals surface area (Å²) in [5.74, 6) is -2.60. The molecule has 2 aromatic rings. The SMILES string of the molecule is O=C(O)c1cnc2c(F)ccc(F)c2c1. The van der Waals surface area contributed by atoms with Crippen molar-refractivity contribution in [3.63, 3.8) is 0 Å². The van der Waals surface area contributed by atoms with Crippen LogP contribution in [0.2, 0.25) is 0 Å². The Morgan fingerprint density at radius 1 is 1.27 bits per heavy atom. The van der Waals surface area contributed by atoms with Crippen molar-refractivity contribution in [2.24, 2.45) is 0 Å². The maximum atomic E-state index is 13.2. The maximum Gasteiger partial charge on any atom is 0.337 e. The summed E-state index contributed by atoms with van der Waals surface area (Å²) >= 11 is 0. The van der Waals surface area contributed by atoms with E-state index in [1.54, 1.807) is 0 Å². The van der Waals surface area contributed by atoms with E-state index in [9.17, 15) is 13.6 Å². The molecule has 1 aromatic heterocycles. The Hall–Kier alpha value is -2.04. The molecule has 1 aromatic carbocycles. The molecule has 0 saturated heterocycles. The molecule has 0 radical (unpaired) electrons. The number of fused-ring (bicyclic) bond motifs is 1. The molecule has 2 rings (SSSR count). The van der Waals surface area contributed by atoms with Crippen LogP contribution in [-0.4, -0.2) is 16.1 Å². The van der Waals surface area contributed by atoms with Gasteiger partial charge in [0.25, 0.3) is 0 Å². The highest BCUT2D eigenvalue weighted by atomic mass is 19.1. The first-order valence-corrected chi connectivity index (χ1v) is 4.06. The summed E-state index contributed by atoms with van der Waals surface area (Å²) < 4.78 is 26.3. The molecule has 0 aliphatic rings. The Morgan fingerprint density at radius 3 is 2.60 bits per heavy atom. The molecule has 0 unspecified atom stereocenters. The van der Waals surface area contributed by atoms with Gasteiger partial charge in [-0.05, 0) is 18.2 Å². The van der Waals surface area contributed by atoms with E-state index < -0.39 is 17.6 Å². The van der Waals surface area contributed by atoms with Gasteiger partial charge in [0.2, 0.25) is 0 Å². The van der Waals surface area contributed by atoms with Crippen molar-refractivity contribution < 1.29 is 18.7 Å². The van der Waals surface area contributed by atoms with E-state index in [-0.39, 0.29) is 16.5 Å². The van der Waals surface area contributed by atoms with E-state index in [1.807, 2.05) is 0 Å². The number of nitrogens with zero attached hydrogens (tertiary/aromatic N) is 1. The van der Waals surface area contributed by atoms with Crippen molar-refractivity contribution in [3.8, 4) is 0 Å². The van der Waals surface area contributed by atoms with Crippen molar-refractivity contribution >= 4 is 16.9 Å². The first-order valence-electron chi connectivity index (χ1n) is 4.06. The number of carboxylic acid groups (broad SMARTS) is 1. The standard InChI is InChI=1S/C10H5F2NO2/c11-7-1-2-8(12)9-6(7)3-5(4-13-9)10(14)15/h1-4H,(H,14,15). The highest BCUT2D eigenvalue weighted by Gasteiger charge is 2.10. The number of rotatable bonds is 1. The third kappa shape index (κ3) is 1.52. The van der Waals surface area contributed by atoms with Gasteiger partial charge in [0, 0.05) is 11.6 Å². The second-order valence-corrected chi connectivity index (χ2v) is 2.95. The molecule has 0 atom stereocenters. The molecule has 5 heteroatoms. The van der Waals surface area contributed by atoms with Gasteiger partial charge in [0.1, 0.15) is 17.2 Å². The molecule has 0 aliphatic heterocycles. The maximum absolute atomic E-state index is 13.2. The van der Waals surface area contributed by atoms with Gasteiger partial charge in [0.05, 0.1) is 5.56 Å². The predicted octanol–water partition coefficient (Wildman–Crippen LogP) is 2.21. The van der Waals surface area contributed by atoms with E-state index in [0.717, 1.165) is 24.4 Å². The molecule has 0 spiro atoms. The molecule has 0 aliphatic carbocycles. The second-order valence-electron chi connectivity index (χ2n) is 2.95. The first kappa shape index (κ1) is 9.51. The Bertz CT molecular complexity index is 554. The predicted molar refractivity (Wildman–Crippen MR) is 48.6 cm³/mol. The van der Waals surface area contributed by atoms with Crippen molar-refractivity contribution in [1.29, 1.82) is 0 Å². The summed E-state index contributed by atoms with van der Waals surface area (Å²) in [6.07, 6.45) is 0.993. The molecule has 15 heavy (non-hydrogen) atoms. The number of pyridine rings is 1. The lowest BCUT2D eigenvalue weighted by atomic mass is 10.1. The Labute approximate surface area is 83.0 Å². The fourth-order valence-corrected chi connectivity index (χ4v) is 1.27. The molecular formula is C10H5F2NO2. The summed E-state index contributed by atoms with van der Waals surface area (Å²) in [5, 5.41) is 8.52. The Balaban J connectivity index is 2.81. The van der Waals surface area contributed by atoms with Gasteiger partial charge < -0.3 is 5.11 Å². The van der Waals surface area contributed by atoms with Crippen molar-refractivity contribution in [3.05, 3.63) is 41.6 Å². The minimum absolute atomic E-state index is 0.130. The van der Waals surface area contributed by atoms with Crippen LogP contribution >= 0.6 is 0 Å². The van der Waals surface area contributed by atoms with Gasteiger partial charge in [-0.3, -0.25) is 4.98 Å². The van der Waals surface area contributed by atoms with E-state index in [0.29, 0.717) is 0 Å². The number of aromatic nitrogens is 1. The van der Waals surface area contributed by atoms with E-state index in [4.69, 9.17) is 5.11 Å². The van der Waals surface area contributed by atoms with Crippen LogP contribution in [0.3, 0.4) is 0 Å². The first-order chi connectivity index (χ1) is 7.09. The number of carbonyl (C=O) groups is 1. The molecule has 0 fully saturated rings. The normalized spacial score (nSPS) is 10.5. The molecule has 1 heterocycles. The van der Waals surface area contributed by atoms with Gasteiger partial charge in [0.15, 0.2) is 0 Å². The number of halogens is 2. The molecule has 0 amide bonds. The molecular weight excluding hydrogens is 204 g/mol. The monoisotopic (exact) mass is 209 g/mol. The van der Waals surface area contributed by atoms with Crippen molar-refractivity contribution in [1.82, 2.24) is 4.98 Å². The highest BCUT2D eigenvalue weighted by Crippen LogP contribution is 2.19. The fourth-order valence-electron chi connectivity index (χ4n) is 1.27. The number of hydrogen-bond acceptors (Lipinski definition) is 2. The summed E-state index contributed by atoms with van der Waals surface area (Å²) in [5.41, 5.74) is -0.341. The van der Waals surface area contributed by atoms with Crippen LogP contribution < -0.4 is 0 Å². The Morgan fingerprint density at radius 2 is 1.93 bits per heavy atom. The molecule has 0 bridgehead atoms. The average molecular weight is 209 g/mol. The molecule has 0 saturated carbocycles. The Kier molecular flexibility index (Phi) is 2.07. The highest BCUT2D eigenvalue weighted by molar-refractivity contribution is 5.92.